The summed E-state index contributed by atoms with van der Waals surface area (Å²) in [6.07, 6.45) is 4.88. The fourth-order valence-electron chi connectivity index (χ4n) is 4.26. The van der Waals surface area contributed by atoms with Gasteiger partial charge in [0, 0.05) is 28.8 Å². The summed E-state index contributed by atoms with van der Waals surface area (Å²) >= 11 is 15.6. The number of hydrogen-bond acceptors (Lipinski definition) is 8. The summed E-state index contributed by atoms with van der Waals surface area (Å²) in [5.41, 5.74) is 2.56. The number of fused-ring (bicyclic) bond motifs is 6. The Morgan fingerprint density at radius 1 is 0.970 bits per heavy atom. The van der Waals surface area contributed by atoms with Crippen molar-refractivity contribution < 1.29 is 4.79 Å². The van der Waals surface area contributed by atoms with Gasteiger partial charge in [-0.2, -0.15) is 0 Å². The fourth-order valence-corrected chi connectivity index (χ4v) is 7.23. The van der Waals surface area contributed by atoms with E-state index >= 15 is 0 Å². The number of carbonyl (C=O) groups excluding carboxylic acids is 1. The zero-order valence-electron chi connectivity index (χ0n) is 18.2. The average molecular weight is 521 g/mol. The van der Waals surface area contributed by atoms with Gasteiger partial charge in [0.1, 0.15) is 32.6 Å². The normalized spacial score (nSPS) is 15.4. The Balaban J connectivity index is 0.000000144. The Morgan fingerprint density at radius 3 is 2.21 bits per heavy atom. The molecule has 6 heterocycles. The van der Waals surface area contributed by atoms with Crippen LogP contribution in [0.4, 0.5) is 0 Å². The van der Waals surface area contributed by atoms with Crippen molar-refractivity contribution in [3.8, 4) is 0 Å². The van der Waals surface area contributed by atoms with Crippen LogP contribution in [0, 0.1) is 5.92 Å². The monoisotopic (exact) mass is 520 g/mol. The summed E-state index contributed by atoms with van der Waals surface area (Å²) in [4.78, 5) is 35.1. The van der Waals surface area contributed by atoms with E-state index in [0.717, 1.165) is 52.9 Å². The minimum Gasteiger partial charge on any atom is -0.337 e. The third-order valence-electron chi connectivity index (χ3n) is 5.86. The lowest BCUT2D eigenvalue weighted by Gasteiger charge is -2.28. The third kappa shape index (κ3) is 4.33. The topological polar surface area (TPSA) is 83.9 Å². The van der Waals surface area contributed by atoms with E-state index in [-0.39, 0.29) is 11.8 Å². The second-order valence-electron chi connectivity index (χ2n) is 8.29. The van der Waals surface area contributed by atoms with Crippen LogP contribution in [-0.2, 0) is 30.7 Å². The van der Waals surface area contributed by atoms with Gasteiger partial charge in [-0.05, 0) is 30.5 Å². The molecule has 1 amide bonds. The van der Waals surface area contributed by atoms with Crippen LogP contribution in [0.1, 0.15) is 34.7 Å². The van der Waals surface area contributed by atoms with Crippen LogP contribution in [0.5, 0.6) is 0 Å². The first-order chi connectivity index (χ1) is 15.9. The Morgan fingerprint density at radius 2 is 1.58 bits per heavy atom. The molecular weight excluding hydrogens is 499 g/mol. The predicted molar refractivity (Wildman–Crippen MR) is 134 cm³/mol. The van der Waals surface area contributed by atoms with Crippen LogP contribution in [0.25, 0.3) is 20.4 Å². The Labute approximate surface area is 209 Å². The number of rotatable bonds is 1. The molecule has 0 aliphatic carbocycles. The summed E-state index contributed by atoms with van der Waals surface area (Å²) in [7, 11) is 0. The van der Waals surface area contributed by atoms with Crippen molar-refractivity contribution in [2.24, 2.45) is 5.92 Å². The number of hydrogen-bond donors (Lipinski definition) is 1. The van der Waals surface area contributed by atoms with E-state index in [1.165, 1.54) is 33.5 Å². The zero-order valence-corrected chi connectivity index (χ0v) is 21.3. The SMILES string of the molecule is CC(C)C(=O)N1CCc2c(sc3ncnc(Cl)c23)C1.Clc1ncnc2sc3c(c12)CCNC3. The lowest BCUT2D eigenvalue weighted by Crippen LogP contribution is -2.37. The van der Waals surface area contributed by atoms with Crippen LogP contribution in [0.3, 0.4) is 0 Å². The van der Waals surface area contributed by atoms with E-state index in [1.807, 2.05) is 18.7 Å². The van der Waals surface area contributed by atoms with Crippen LogP contribution in [-0.4, -0.2) is 43.8 Å². The molecule has 0 radical (unpaired) electrons. The largest absolute Gasteiger partial charge is 0.337 e. The maximum Gasteiger partial charge on any atom is 0.225 e. The molecule has 4 aromatic rings. The molecule has 0 saturated heterocycles. The molecule has 0 bridgehead atoms. The quantitative estimate of drug-likeness (QED) is 0.360. The minimum absolute atomic E-state index is 0.0410. The molecule has 33 heavy (non-hydrogen) atoms. The second kappa shape index (κ2) is 9.38. The van der Waals surface area contributed by atoms with Crippen molar-refractivity contribution in [2.75, 3.05) is 13.1 Å². The Hall–Kier alpha value is -1.91. The van der Waals surface area contributed by atoms with Gasteiger partial charge in [0.15, 0.2) is 0 Å². The van der Waals surface area contributed by atoms with Gasteiger partial charge in [-0.15, -0.1) is 22.7 Å². The molecule has 172 valence electrons. The lowest BCUT2D eigenvalue weighted by atomic mass is 10.0. The molecule has 0 unspecified atom stereocenters. The highest BCUT2D eigenvalue weighted by molar-refractivity contribution is 7.19. The smallest absolute Gasteiger partial charge is 0.225 e. The second-order valence-corrected chi connectivity index (χ2v) is 11.2. The molecular formula is C22H22Cl2N6OS2. The van der Waals surface area contributed by atoms with E-state index in [4.69, 9.17) is 23.2 Å². The van der Waals surface area contributed by atoms with Gasteiger partial charge in [-0.3, -0.25) is 4.79 Å². The fraction of sp³-hybridized carbons (Fsp3) is 0.409. The van der Waals surface area contributed by atoms with Crippen molar-refractivity contribution in [2.45, 2.75) is 39.8 Å². The number of amides is 1. The molecule has 0 aromatic carbocycles. The van der Waals surface area contributed by atoms with Crippen molar-refractivity contribution in [3.63, 3.8) is 0 Å². The number of nitrogens with zero attached hydrogens (tertiary/aromatic N) is 5. The number of carbonyl (C=O) groups is 1. The summed E-state index contributed by atoms with van der Waals surface area (Å²) in [5.74, 6) is 0.250. The van der Waals surface area contributed by atoms with Crippen molar-refractivity contribution in [3.05, 3.63) is 43.8 Å². The molecule has 0 fully saturated rings. The first kappa shape index (κ1) is 22.9. The molecule has 0 saturated carbocycles. The molecule has 0 spiro atoms. The van der Waals surface area contributed by atoms with Crippen molar-refractivity contribution in [1.29, 1.82) is 0 Å². The number of nitrogens with one attached hydrogen (secondary N) is 1. The standard InChI is InChI=1S/C13H14ClN3OS.C9H8ClN3S/c1-7(2)13(18)17-4-3-8-9(5-17)19-12-10(8)11(14)15-6-16-12;10-8-7-5-1-2-11-3-6(5)14-9(7)13-4-12-8/h6-7H,3-5H2,1-2H3;4,11H,1-3H2. The predicted octanol–water partition coefficient (Wildman–Crippen LogP) is 4.88. The Bertz CT molecular complexity index is 1350. The number of halogens is 2. The average Bonchev–Trinajstić information content (AvgIpc) is 3.38. The Kier molecular flexibility index (Phi) is 6.50. The molecule has 11 heteroatoms. The molecule has 0 atom stereocenters. The molecule has 4 aromatic heterocycles. The zero-order chi connectivity index (χ0) is 23.1. The van der Waals surface area contributed by atoms with E-state index in [0.29, 0.717) is 16.9 Å². The van der Waals surface area contributed by atoms with Gasteiger partial charge in [-0.1, -0.05) is 37.0 Å². The maximum atomic E-state index is 12.1. The third-order valence-corrected chi connectivity index (χ3v) is 8.70. The van der Waals surface area contributed by atoms with E-state index in [2.05, 4.69) is 25.3 Å². The summed E-state index contributed by atoms with van der Waals surface area (Å²) < 4.78 is 0. The molecule has 6 rings (SSSR count). The van der Waals surface area contributed by atoms with Crippen LogP contribution in [0.2, 0.25) is 10.3 Å². The van der Waals surface area contributed by atoms with Crippen LogP contribution >= 0.6 is 45.9 Å². The first-order valence-electron chi connectivity index (χ1n) is 10.7. The highest BCUT2D eigenvalue weighted by Crippen LogP contribution is 2.37. The maximum absolute atomic E-state index is 12.1. The van der Waals surface area contributed by atoms with E-state index in [1.54, 1.807) is 22.7 Å². The molecule has 1 N–H and O–H groups in total. The molecule has 7 nitrogen and oxygen atoms in total. The highest BCUT2D eigenvalue weighted by Gasteiger charge is 2.27. The lowest BCUT2D eigenvalue weighted by molar-refractivity contribution is -0.135. The summed E-state index contributed by atoms with van der Waals surface area (Å²) in [6, 6.07) is 0. The van der Waals surface area contributed by atoms with Crippen LogP contribution < -0.4 is 5.32 Å². The first-order valence-corrected chi connectivity index (χ1v) is 13.1. The van der Waals surface area contributed by atoms with E-state index in [9.17, 15) is 4.79 Å². The van der Waals surface area contributed by atoms with Gasteiger partial charge < -0.3 is 10.2 Å². The van der Waals surface area contributed by atoms with Gasteiger partial charge in [0.2, 0.25) is 5.91 Å². The van der Waals surface area contributed by atoms with Gasteiger partial charge >= 0.3 is 0 Å². The van der Waals surface area contributed by atoms with Gasteiger partial charge in [0.05, 0.1) is 17.3 Å². The number of aromatic nitrogens is 4. The van der Waals surface area contributed by atoms with Crippen molar-refractivity contribution >= 4 is 72.2 Å². The van der Waals surface area contributed by atoms with E-state index < -0.39 is 0 Å². The highest BCUT2D eigenvalue weighted by atomic mass is 35.5. The minimum atomic E-state index is 0.0410. The van der Waals surface area contributed by atoms with Crippen LogP contribution in [0.15, 0.2) is 12.7 Å². The molecule has 2 aliphatic heterocycles. The number of thiophene rings is 2. The van der Waals surface area contributed by atoms with Crippen molar-refractivity contribution in [1.82, 2.24) is 30.2 Å². The van der Waals surface area contributed by atoms with Gasteiger partial charge in [-0.25, -0.2) is 19.9 Å². The summed E-state index contributed by atoms with van der Waals surface area (Å²) in [5, 5.41) is 6.49. The van der Waals surface area contributed by atoms with Gasteiger partial charge in [0.25, 0.3) is 0 Å². The summed E-state index contributed by atoms with van der Waals surface area (Å²) in [6.45, 7) is 7.25. The molecule has 2 aliphatic rings.